The van der Waals surface area contributed by atoms with E-state index in [2.05, 4.69) is 41.4 Å². The summed E-state index contributed by atoms with van der Waals surface area (Å²) in [7, 11) is 1.69. The lowest BCUT2D eigenvalue weighted by atomic mass is 10.1. The molecule has 0 spiro atoms. The quantitative estimate of drug-likeness (QED) is 0.783. The zero-order valence-corrected chi connectivity index (χ0v) is 13.1. The lowest BCUT2D eigenvalue weighted by Gasteiger charge is -2.13. The molecule has 1 aromatic carbocycles. The first-order chi connectivity index (χ1) is 10.7. The molecule has 3 aromatic rings. The zero-order chi connectivity index (χ0) is 15.5. The molecule has 0 aliphatic heterocycles. The Hall–Kier alpha value is -2.56. The number of ether oxygens (including phenoxy) is 1. The standard InChI is InChI=1S/C17H20N4O/c1-12(2)14-10-17(21-16(20-14)8-9-19-21)18-11-13-6-4-5-7-15(13)22-3/h4-10,12,18H,11H2,1-3H3. The second-order valence-electron chi connectivity index (χ2n) is 5.49. The maximum absolute atomic E-state index is 5.39. The van der Waals surface area contributed by atoms with Gasteiger partial charge in [-0.3, -0.25) is 0 Å². The van der Waals surface area contributed by atoms with Crippen LogP contribution >= 0.6 is 0 Å². The molecule has 2 aromatic heterocycles. The van der Waals surface area contributed by atoms with Crippen molar-refractivity contribution in [3.8, 4) is 5.75 Å². The normalized spacial score (nSPS) is 11.1. The molecule has 5 heteroatoms. The van der Waals surface area contributed by atoms with Crippen molar-refractivity contribution in [1.29, 1.82) is 0 Å². The second-order valence-corrected chi connectivity index (χ2v) is 5.49. The predicted molar refractivity (Wildman–Crippen MR) is 87.4 cm³/mol. The highest BCUT2D eigenvalue weighted by molar-refractivity contribution is 5.50. The van der Waals surface area contributed by atoms with Crippen molar-refractivity contribution in [2.45, 2.75) is 26.3 Å². The third kappa shape index (κ3) is 2.74. The first kappa shape index (κ1) is 14.4. The Morgan fingerprint density at radius 3 is 2.82 bits per heavy atom. The molecule has 0 fully saturated rings. The van der Waals surface area contributed by atoms with Crippen molar-refractivity contribution in [1.82, 2.24) is 14.6 Å². The second kappa shape index (κ2) is 6.05. The molecule has 22 heavy (non-hydrogen) atoms. The van der Waals surface area contributed by atoms with Crippen LogP contribution in [0.2, 0.25) is 0 Å². The summed E-state index contributed by atoms with van der Waals surface area (Å²) in [4.78, 5) is 4.62. The van der Waals surface area contributed by atoms with Gasteiger partial charge in [0.2, 0.25) is 0 Å². The average Bonchev–Trinajstić information content (AvgIpc) is 3.01. The van der Waals surface area contributed by atoms with Crippen molar-refractivity contribution in [2.24, 2.45) is 0 Å². The van der Waals surface area contributed by atoms with E-state index in [0.29, 0.717) is 12.5 Å². The number of anilines is 1. The first-order valence-corrected chi connectivity index (χ1v) is 7.39. The molecule has 0 aliphatic carbocycles. The van der Waals surface area contributed by atoms with Crippen LogP contribution in [0.15, 0.2) is 42.6 Å². The van der Waals surface area contributed by atoms with Crippen molar-refractivity contribution < 1.29 is 4.74 Å². The Labute approximate surface area is 130 Å². The number of nitrogens with zero attached hydrogens (tertiary/aromatic N) is 3. The predicted octanol–water partition coefficient (Wildman–Crippen LogP) is 3.47. The molecule has 0 radical (unpaired) electrons. The number of methoxy groups -OCH3 is 1. The van der Waals surface area contributed by atoms with E-state index in [4.69, 9.17) is 4.74 Å². The summed E-state index contributed by atoms with van der Waals surface area (Å²) in [6, 6.07) is 12.0. The van der Waals surface area contributed by atoms with Gasteiger partial charge in [0.25, 0.3) is 0 Å². The van der Waals surface area contributed by atoms with E-state index in [1.807, 2.05) is 28.8 Å². The van der Waals surface area contributed by atoms with Gasteiger partial charge in [0.15, 0.2) is 5.65 Å². The van der Waals surface area contributed by atoms with E-state index in [-0.39, 0.29) is 0 Å². The fourth-order valence-corrected chi connectivity index (χ4v) is 2.39. The minimum atomic E-state index is 0.367. The molecule has 5 nitrogen and oxygen atoms in total. The molecule has 3 rings (SSSR count). The monoisotopic (exact) mass is 296 g/mol. The number of para-hydroxylation sites is 1. The van der Waals surface area contributed by atoms with Crippen LogP contribution in [0.3, 0.4) is 0 Å². The summed E-state index contributed by atoms with van der Waals surface area (Å²) >= 11 is 0. The summed E-state index contributed by atoms with van der Waals surface area (Å²) in [6.45, 7) is 4.94. The molecule has 1 N–H and O–H groups in total. The van der Waals surface area contributed by atoms with E-state index < -0.39 is 0 Å². The summed E-state index contributed by atoms with van der Waals surface area (Å²) in [5, 5.41) is 7.77. The molecule has 0 saturated carbocycles. The smallest absolute Gasteiger partial charge is 0.157 e. The molecule has 2 heterocycles. The largest absolute Gasteiger partial charge is 0.496 e. The maximum Gasteiger partial charge on any atom is 0.157 e. The fourth-order valence-electron chi connectivity index (χ4n) is 2.39. The Morgan fingerprint density at radius 1 is 1.23 bits per heavy atom. The summed E-state index contributed by atoms with van der Waals surface area (Å²) < 4.78 is 7.21. The van der Waals surface area contributed by atoms with Gasteiger partial charge in [0.05, 0.1) is 13.3 Å². The zero-order valence-electron chi connectivity index (χ0n) is 13.1. The molecule has 0 amide bonds. The lowest BCUT2D eigenvalue weighted by Crippen LogP contribution is -2.08. The molecular formula is C17H20N4O. The van der Waals surface area contributed by atoms with Gasteiger partial charge >= 0.3 is 0 Å². The number of aromatic nitrogens is 3. The highest BCUT2D eigenvalue weighted by Crippen LogP contribution is 2.21. The van der Waals surface area contributed by atoms with Crippen LogP contribution in [0.25, 0.3) is 5.65 Å². The number of fused-ring (bicyclic) bond motifs is 1. The number of benzene rings is 1. The topological polar surface area (TPSA) is 51.5 Å². The fraction of sp³-hybridized carbons (Fsp3) is 0.294. The van der Waals surface area contributed by atoms with Gasteiger partial charge in [-0.25, -0.2) is 4.98 Å². The molecule has 0 saturated heterocycles. The van der Waals surface area contributed by atoms with Gasteiger partial charge in [0, 0.05) is 29.9 Å². The van der Waals surface area contributed by atoms with E-state index >= 15 is 0 Å². The SMILES string of the molecule is COc1ccccc1CNc1cc(C(C)C)nc2ccnn12. The van der Waals surface area contributed by atoms with Crippen LogP contribution in [0.1, 0.15) is 31.0 Å². The lowest BCUT2D eigenvalue weighted by molar-refractivity contribution is 0.410. The van der Waals surface area contributed by atoms with Crippen molar-refractivity contribution in [3.05, 3.63) is 53.9 Å². The molecule has 0 aliphatic rings. The van der Waals surface area contributed by atoms with Crippen LogP contribution < -0.4 is 10.1 Å². The molecule has 0 unspecified atom stereocenters. The number of hydrogen-bond donors (Lipinski definition) is 1. The molecule has 114 valence electrons. The Balaban J connectivity index is 1.91. The summed E-state index contributed by atoms with van der Waals surface area (Å²) in [6.07, 6.45) is 1.76. The number of rotatable bonds is 5. The van der Waals surface area contributed by atoms with Crippen LogP contribution in [0.5, 0.6) is 5.75 Å². The summed E-state index contributed by atoms with van der Waals surface area (Å²) in [5.74, 6) is 2.18. The number of hydrogen-bond acceptors (Lipinski definition) is 4. The van der Waals surface area contributed by atoms with Gasteiger partial charge in [-0.05, 0) is 12.0 Å². The van der Waals surface area contributed by atoms with Gasteiger partial charge < -0.3 is 10.1 Å². The van der Waals surface area contributed by atoms with Crippen LogP contribution in [-0.4, -0.2) is 21.7 Å². The van der Waals surface area contributed by atoms with Gasteiger partial charge in [-0.1, -0.05) is 32.0 Å². The molecule has 0 bridgehead atoms. The van der Waals surface area contributed by atoms with Gasteiger partial charge in [-0.15, -0.1) is 0 Å². The Kier molecular flexibility index (Phi) is 3.96. The Bertz CT molecular complexity index is 779. The maximum atomic E-state index is 5.39. The van der Waals surface area contributed by atoms with Crippen molar-refractivity contribution in [3.63, 3.8) is 0 Å². The van der Waals surface area contributed by atoms with E-state index in [1.54, 1.807) is 13.3 Å². The average molecular weight is 296 g/mol. The van der Waals surface area contributed by atoms with Gasteiger partial charge in [-0.2, -0.15) is 9.61 Å². The van der Waals surface area contributed by atoms with E-state index in [0.717, 1.165) is 28.5 Å². The highest BCUT2D eigenvalue weighted by atomic mass is 16.5. The van der Waals surface area contributed by atoms with Crippen LogP contribution in [0.4, 0.5) is 5.82 Å². The van der Waals surface area contributed by atoms with E-state index in [1.165, 1.54) is 0 Å². The van der Waals surface area contributed by atoms with Crippen LogP contribution in [0, 0.1) is 0 Å². The number of nitrogens with one attached hydrogen (secondary N) is 1. The minimum absolute atomic E-state index is 0.367. The first-order valence-electron chi connectivity index (χ1n) is 7.39. The van der Waals surface area contributed by atoms with Crippen LogP contribution in [-0.2, 0) is 6.54 Å². The van der Waals surface area contributed by atoms with Crippen molar-refractivity contribution >= 4 is 11.5 Å². The molecule has 0 atom stereocenters. The highest BCUT2D eigenvalue weighted by Gasteiger charge is 2.09. The van der Waals surface area contributed by atoms with Crippen molar-refractivity contribution in [2.75, 3.05) is 12.4 Å². The third-order valence-electron chi connectivity index (χ3n) is 3.62. The van der Waals surface area contributed by atoms with E-state index in [9.17, 15) is 0 Å². The third-order valence-corrected chi connectivity index (χ3v) is 3.62. The minimum Gasteiger partial charge on any atom is -0.496 e. The molecular weight excluding hydrogens is 276 g/mol. The van der Waals surface area contributed by atoms with Gasteiger partial charge in [0.1, 0.15) is 11.6 Å². The Morgan fingerprint density at radius 2 is 2.05 bits per heavy atom. The summed E-state index contributed by atoms with van der Waals surface area (Å²) in [5.41, 5.74) is 3.01.